The normalized spacial score (nSPS) is 20.2. The summed E-state index contributed by atoms with van der Waals surface area (Å²) in [7, 11) is 0. The SMILES string of the molecule is CC1=C(C(=O)Nc2nc3ccccc3s2)[C@H](c2ccccc2)C2=C(CC(C)(C)CC2=O)N1. The monoisotopic (exact) mass is 443 g/mol. The number of anilines is 1. The lowest BCUT2D eigenvalue weighted by Gasteiger charge is -2.39. The topological polar surface area (TPSA) is 71.1 Å². The molecule has 1 amide bonds. The molecule has 1 aliphatic carbocycles. The van der Waals surface area contributed by atoms with Gasteiger partial charge in [-0.1, -0.05) is 67.6 Å². The molecule has 2 aromatic carbocycles. The number of thiazole rings is 1. The Morgan fingerprint density at radius 2 is 1.81 bits per heavy atom. The first kappa shape index (κ1) is 20.6. The Labute approximate surface area is 191 Å². The molecule has 5 nitrogen and oxygen atoms in total. The van der Waals surface area contributed by atoms with Crippen molar-refractivity contribution >= 4 is 38.4 Å². The van der Waals surface area contributed by atoms with Gasteiger partial charge in [0.2, 0.25) is 0 Å². The predicted octanol–water partition coefficient (Wildman–Crippen LogP) is 5.54. The lowest BCUT2D eigenvalue weighted by molar-refractivity contribution is -0.118. The number of dihydropyridines is 1. The maximum Gasteiger partial charge on any atom is 0.256 e. The number of nitrogens with zero attached hydrogens (tertiary/aromatic N) is 1. The zero-order valence-corrected chi connectivity index (χ0v) is 19.2. The Morgan fingerprint density at radius 3 is 2.56 bits per heavy atom. The van der Waals surface area contributed by atoms with Gasteiger partial charge < -0.3 is 5.32 Å². The molecule has 1 atom stereocenters. The van der Waals surface area contributed by atoms with E-state index in [-0.39, 0.29) is 17.1 Å². The summed E-state index contributed by atoms with van der Waals surface area (Å²) in [5.41, 5.74) is 4.71. The molecule has 2 N–H and O–H groups in total. The maximum absolute atomic E-state index is 13.6. The van der Waals surface area contributed by atoms with E-state index in [1.54, 1.807) is 0 Å². The van der Waals surface area contributed by atoms with Crippen LogP contribution < -0.4 is 10.6 Å². The van der Waals surface area contributed by atoms with Crippen LogP contribution in [-0.4, -0.2) is 16.7 Å². The van der Waals surface area contributed by atoms with Crippen LogP contribution in [-0.2, 0) is 9.59 Å². The van der Waals surface area contributed by atoms with E-state index in [0.717, 1.165) is 39.2 Å². The molecule has 32 heavy (non-hydrogen) atoms. The quantitative estimate of drug-likeness (QED) is 0.558. The summed E-state index contributed by atoms with van der Waals surface area (Å²) in [4.78, 5) is 31.4. The fourth-order valence-corrected chi connectivity index (χ4v) is 5.67. The zero-order valence-electron chi connectivity index (χ0n) is 18.4. The van der Waals surface area contributed by atoms with Crippen LogP contribution in [0.25, 0.3) is 10.2 Å². The van der Waals surface area contributed by atoms with Crippen LogP contribution in [0.2, 0.25) is 0 Å². The van der Waals surface area contributed by atoms with Crippen molar-refractivity contribution in [3.05, 3.63) is 82.7 Å². The number of hydrogen-bond acceptors (Lipinski definition) is 5. The van der Waals surface area contributed by atoms with Crippen LogP contribution >= 0.6 is 11.3 Å². The van der Waals surface area contributed by atoms with Gasteiger partial charge in [-0.3, -0.25) is 14.9 Å². The molecule has 0 fully saturated rings. The Hall–Kier alpha value is -3.25. The molecule has 3 aromatic rings. The van der Waals surface area contributed by atoms with Crippen molar-refractivity contribution < 1.29 is 9.59 Å². The molecule has 0 spiro atoms. The van der Waals surface area contributed by atoms with Crippen molar-refractivity contribution in [3.8, 4) is 0 Å². The highest BCUT2D eigenvalue weighted by atomic mass is 32.1. The molecule has 162 valence electrons. The van der Waals surface area contributed by atoms with E-state index in [9.17, 15) is 9.59 Å². The molecule has 0 unspecified atom stereocenters. The standard InChI is InChI=1S/C26H25N3O2S/c1-15-21(24(31)29-25-28-17-11-7-8-12-20(17)32-25)22(16-9-5-4-6-10-16)23-18(27-15)13-26(2,3)14-19(23)30/h4-12,22,27H,13-14H2,1-3H3,(H,28,29,31)/t22-/m0/s1. The van der Waals surface area contributed by atoms with E-state index < -0.39 is 5.92 Å². The van der Waals surface area contributed by atoms with Crippen LogP contribution in [0.3, 0.4) is 0 Å². The number of rotatable bonds is 3. The number of carbonyl (C=O) groups excluding carboxylic acids is 2. The highest BCUT2D eigenvalue weighted by Crippen LogP contribution is 2.46. The van der Waals surface area contributed by atoms with Crippen LogP contribution in [0, 0.1) is 5.41 Å². The second kappa shape index (κ2) is 7.71. The molecule has 6 heteroatoms. The largest absolute Gasteiger partial charge is 0.362 e. The number of aromatic nitrogens is 1. The summed E-state index contributed by atoms with van der Waals surface area (Å²) < 4.78 is 1.02. The van der Waals surface area contributed by atoms with Crippen LogP contribution in [0.1, 0.15) is 45.1 Å². The maximum atomic E-state index is 13.6. The fourth-order valence-electron chi connectivity index (χ4n) is 4.81. The van der Waals surface area contributed by atoms with Crippen molar-refractivity contribution in [2.45, 2.75) is 39.5 Å². The van der Waals surface area contributed by atoms with Gasteiger partial charge in [-0.25, -0.2) is 4.98 Å². The number of nitrogens with one attached hydrogen (secondary N) is 2. The van der Waals surface area contributed by atoms with Gasteiger partial charge in [-0.05, 0) is 36.5 Å². The van der Waals surface area contributed by atoms with E-state index in [1.165, 1.54) is 11.3 Å². The highest BCUT2D eigenvalue weighted by molar-refractivity contribution is 7.22. The minimum absolute atomic E-state index is 0.106. The number of para-hydroxylation sites is 1. The van der Waals surface area contributed by atoms with Gasteiger partial charge in [-0.15, -0.1) is 0 Å². The van der Waals surface area contributed by atoms with Gasteiger partial charge in [0.15, 0.2) is 10.9 Å². The van der Waals surface area contributed by atoms with Crippen LogP contribution in [0.5, 0.6) is 0 Å². The number of Topliss-reactive ketones (excluding diaryl/α,β-unsaturated/α-hetero) is 1. The molecule has 0 saturated carbocycles. The van der Waals surface area contributed by atoms with Crippen LogP contribution in [0.15, 0.2) is 77.1 Å². The fraction of sp³-hybridized carbons (Fsp3) is 0.269. The Kier molecular flexibility index (Phi) is 4.97. The number of benzene rings is 2. The van der Waals surface area contributed by atoms with Crippen molar-refractivity contribution in [2.24, 2.45) is 5.41 Å². The summed E-state index contributed by atoms with van der Waals surface area (Å²) in [6.45, 7) is 6.14. The Bertz CT molecular complexity index is 1270. The zero-order chi connectivity index (χ0) is 22.5. The third kappa shape index (κ3) is 3.65. The number of carbonyl (C=O) groups is 2. The third-order valence-corrected chi connectivity index (χ3v) is 7.08. The number of hydrogen-bond donors (Lipinski definition) is 2. The molecule has 1 aromatic heterocycles. The van der Waals surface area contributed by atoms with Crippen molar-refractivity contribution in [3.63, 3.8) is 0 Å². The number of ketones is 1. The summed E-state index contributed by atoms with van der Waals surface area (Å²) in [6, 6.07) is 17.6. The van der Waals surface area contributed by atoms with Gasteiger partial charge >= 0.3 is 0 Å². The van der Waals surface area contributed by atoms with Gasteiger partial charge in [-0.2, -0.15) is 0 Å². The highest BCUT2D eigenvalue weighted by Gasteiger charge is 2.42. The minimum Gasteiger partial charge on any atom is -0.362 e. The number of fused-ring (bicyclic) bond motifs is 1. The molecular weight excluding hydrogens is 418 g/mol. The van der Waals surface area contributed by atoms with E-state index >= 15 is 0 Å². The summed E-state index contributed by atoms with van der Waals surface area (Å²) >= 11 is 1.45. The molecule has 2 heterocycles. The molecule has 1 aliphatic heterocycles. The van der Waals surface area contributed by atoms with Gasteiger partial charge in [0, 0.05) is 34.9 Å². The summed E-state index contributed by atoms with van der Waals surface area (Å²) in [5.74, 6) is -0.520. The smallest absolute Gasteiger partial charge is 0.256 e. The average molecular weight is 444 g/mol. The van der Waals surface area contributed by atoms with E-state index in [4.69, 9.17) is 0 Å². The number of amides is 1. The summed E-state index contributed by atoms with van der Waals surface area (Å²) in [5, 5.41) is 6.96. The third-order valence-electron chi connectivity index (χ3n) is 6.13. The molecule has 5 rings (SSSR count). The van der Waals surface area contributed by atoms with Gasteiger partial charge in [0.1, 0.15) is 0 Å². The number of allylic oxidation sites excluding steroid dienone is 3. The molecule has 2 aliphatic rings. The van der Waals surface area contributed by atoms with Crippen LogP contribution in [0.4, 0.5) is 5.13 Å². The molecular formula is C26H25N3O2S. The van der Waals surface area contributed by atoms with Gasteiger partial charge in [0.25, 0.3) is 5.91 Å². The van der Waals surface area contributed by atoms with Crippen molar-refractivity contribution in [1.82, 2.24) is 10.3 Å². The van der Waals surface area contributed by atoms with E-state index in [1.807, 2.05) is 61.5 Å². The minimum atomic E-state index is -0.398. The van der Waals surface area contributed by atoms with Crippen molar-refractivity contribution in [2.75, 3.05) is 5.32 Å². The molecule has 0 saturated heterocycles. The van der Waals surface area contributed by atoms with Crippen molar-refractivity contribution in [1.29, 1.82) is 0 Å². The van der Waals surface area contributed by atoms with E-state index in [2.05, 4.69) is 29.5 Å². The first-order chi connectivity index (χ1) is 15.3. The molecule has 0 radical (unpaired) electrons. The second-order valence-corrected chi connectivity index (χ2v) is 10.3. The Balaban J connectivity index is 1.57. The Morgan fingerprint density at radius 1 is 1.09 bits per heavy atom. The lowest BCUT2D eigenvalue weighted by Crippen LogP contribution is -2.39. The summed E-state index contributed by atoms with van der Waals surface area (Å²) in [6.07, 6.45) is 1.25. The first-order valence-electron chi connectivity index (χ1n) is 10.8. The second-order valence-electron chi connectivity index (χ2n) is 9.28. The first-order valence-corrected chi connectivity index (χ1v) is 11.6. The average Bonchev–Trinajstić information content (AvgIpc) is 3.14. The lowest BCUT2D eigenvalue weighted by atomic mass is 9.68. The predicted molar refractivity (Wildman–Crippen MR) is 128 cm³/mol. The van der Waals surface area contributed by atoms with E-state index in [0.29, 0.717) is 17.1 Å². The van der Waals surface area contributed by atoms with Gasteiger partial charge in [0.05, 0.1) is 10.2 Å². The molecule has 0 bridgehead atoms.